The van der Waals surface area contributed by atoms with E-state index in [-0.39, 0.29) is 6.10 Å². The highest BCUT2D eigenvalue weighted by Gasteiger charge is 2.27. The van der Waals surface area contributed by atoms with Crippen LogP contribution in [0.15, 0.2) is 28.9 Å². The minimum Gasteiger partial charge on any atom is -0.474 e. The summed E-state index contributed by atoms with van der Waals surface area (Å²) in [5, 5.41) is 19.0. The molecule has 1 aliphatic rings. The van der Waals surface area contributed by atoms with Crippen molar-refractivity contribution in [1.29, 1.82) is 0 Å². The lowest BCUT2D eigenvalue weighted by atomic mass is 9.93. The van der Waals surface area contributed by atoms with Crippen LogP contribution >= 0.6 is 11.6 Å². The van der Waals surface area contributed by atoms with Gasteiger partial charge in [0.25, 0.3) is 5.89 Å². The maximum atomic E-state index is 6.31. The number of tetrazole rings is 1. The monoisotopic (exact) mass is 451 g/mol. The highest BCUT2D eigenvalue weighted by Crippen LogP contribution is 2.40. The molecule has 1 N–H and O–H groups in total. The number of nitrogens with one attached hydrogen (secondary N) is 1. The van der Waals surface area contributed by atoms with Crippen LogP contribution in [0, 0.1) is 6.92 Å². The fourth-order valence-electron chi connectivity index (χ4n) is 4.21. The molecule has 3 aromatic heterocycles. The molecule has 32 heavy (non-hydrogen) atoms. The van der Waals surface area contributed by atoms with Crippen LogP contribution in [-0.2, 0) is 12.8 Å². The summed E-state index contributed by atoms with van der Waals surface area (Å²) < 4.78 is 11.1. The maximum absolute atomic E-state index is 6.31. The Hall–Kier alpha value is -3.33. The molecule has 5 rings (SSSR count). The van der Waals surface area contributed by atoms with E-state index in [1.807, 2.05) is 13.8 Å². The summed E-state index contributed by atoms with van der Waals surface area (Å²) in [7, 11) is 0. The molecule has 0 unspecified atom stereocenters. The summed E-state index contributed by atoms with van der Waals surface area (Å²) >= 11 is 6.31. The number of fused-ring (bicyclic) bond motifs is 1. The molecule has 0 radical (unpaired) electrons. The molecule has 3 heterocycles. The molecule has 9 nitrogen and oxygen atoms in total. The van der Waals surface area contributed by atoms with Crippen LogP contribution in [0.25, 0.3) is 22.8 Å². The van der Waals surface area contributed by atoms with Crippen molar-refractivity contribution in [2.45, 2.75) is 52.1 Å². The predicted octanol–water partition coefficient (Wildman–Crippen LogP) is 4.33. The Morgan fingerprint density at radius 2 is 2.19 bits per heavy atom. The first kappa shape index (κ1) is 20.6. The number of hydrogen-bond donors (Lipinski definition) is 1. The van der Waals surface area contributed by atoms with Gasteiger partial charge in [-0.15, -0.1) is 10.2 Å². The van der Waals surface area contributed by atoms with Crippen LogP contribution in [0.3, 0.4) is 0 Å². The lowest BCUT2D eigenvalue weighted by molar-refractivity contribution is 0.233. The van der Waals surface area contributed by atoms with Crippen molar-refractivity contribution in [3.8, 4) is 28.7 Å². The maximum Gasteiger partial charge on any atom is 0.259 e. The summed E-state index contributed by atoms with van der Waals surface area (Å²) in [6, 6.07) is 5.94. The van der Waals surface area contributed by atoms with Crippen molar-refractivity contribution in [2.75, 3.05) is 0 Å². The second-order valence-corrected chi connectivity index (χ2v) is 8.58. The van der Waals surface area contributed by atoms with Gasteiger partial charge in [-0.1, -0.05) is 34.1 Å². The third-order valence-corrected chi connectivity index (χ3v) is 5.97. The Bertz CT molecular complexity index is 1250. The molecule has 1 aromatic carbocycles. The molecule has 0 amide bonds. The van der Waals surface area contributed by atoms with Gasteiger partial charge in [-0.05, 0) is 62.3 Å². The molecule has 10 heteroatoms. The molecule has 0 fully saturated rings. The molecule has 1 aliphatic carbocycles. The van der Waals surface area contributed by atoms with Gasteiger partial charge in [0.2, 0.25) is 11.7 Å². The summed E-state index contributed by atoms with van der Waals surface area (Å²) in [6.45, 7) is 5.95. The van der Waals surface area contributed by atoms with E-state index in [4.69, 9.17) is 20.9 Å². The average molecular weight is 452 g/mol. The molecule has 0 spiro atoms. The summed E-state index contributed by atoms with van der Waals surface area (Å²) in [4.78, 5) is 8.88. The van der Waals surface area contributed by atoms with Crippen molar-refractivity contribution in [1.82, 2.24) is 35.7 Å². The van der Waals surface area contributed by atoms with Crippen molar-refractivity contribution in [2.24, 2.45) is 0 Å². The lowest BCUT2D eigenvalue weighted by Crippen LogP contribution is -2.07. The minimum absolute atomic E-state index is 0.0181. The summed E-state index contributed by atoms with van der Waals surface area (Å²) in [5.74, 6) is 2.41. The molecule has 164 valence electrons. The van der Waals surface area contributed by atoms with E-state index >= 15 is 0 Å². The van der Waals surface area contributed by atoms with Gasteiger partial charge in [0, 0.05) is 18.2 Å². The number of halogens is 1. The number of nitrogens with zero attached hydrogens (tertiary/aromatic N) is 6. The van der Waals surface area contributed by atoms with Gasteiger partial charge in [-0.25, -0.2) is 4.98 Å². The Labute approximate surface area is 189 Å². The van der Waals surface area contributed by atoms with Gasteiger partial charge in [0.1, 0.15) is 5.02 Å². The average Bonchev–Trinajstić information content (AvgIpc) is 3.52. The summed E-state index contributed by atoms with van der Waals surface area (Å²) in [6.07, 6.45) is 4.44. The first-order chi connectivity index (χ1) is 15.5. The third-order valence-electron chi connectivity index (χ3n) is 5.70. The van der Waals surface area contributed by atoms with Crippen LogP contribution < -0.4 is 4.74 Å². The van der Waals surface area contributed by atoms with Gasteiger partial charge in [0.15, 0.2) is 5.82 Å². The van der Waals surface area contributed by atoms with Gasteiger partial charge in [-0.3, -0.25) is 0 Å². The quantitative estimate of drug-likeness (QED) is 0.460. The normalized spacial score (nSPS) is 15.3. The standard InChI is InChI=1S/C22H22ClN7O2/c1-11(2)31-22-18(23)8-14(10-24-22)21-25-20(28-32-21)16-6-7-17-13(4-5-15(17)12(16)3)9-19-26-29-30-27-19/h6-8,10-11,13H,4-5,9H2,1-3H3,(H,26,27,29,30)/t13-/m1/s1. The SMILES string of the molecule is Cc1c(-c2noc(-c3cnc(OC(C)C)c(Cl)c3)n2)ccc2c1CC[C@@H]2Cc1nn[nH]n1. The third kappa shape index (κ3) is 3.84. The van der Waals surface area contributed by atoms with E-state index in [2.05, 4.69) is 54.8 Å². The largest absolute Gasteiger partial charge is 0.474 e. The Morgan fingerprint density at radius 3 is 2.94 bits per heavy atom. The van der Waals surface area contributed by atoms with Gasteiger partial charge in [-0.2, -0.15) is 10.2 Å². The van der Waals surface area contributed by atoms with Crippen molar-refractivity contribution >= 4 is 11.6 Å². The molecular weight excluding hydrogens is 430 g/mol. The van der Waals surface area contributed by atoms with Gasteiger partial charge < -0.3 is 9.26 Å². The van der Waals surface area contributed by atoms with Crippen molar-refractivity contribution in [3.05, 3.63) is 51.9 Å². The summed E-state index contributed by atoms with van der Waals surface area (Å²) in [5.41, 5.74) is 5.43. The van der Waals surface area contributed by atoms with Crippen LogP contribution in [0.4, 0.5) is 0 Å². The van der Waals surface area contributed by atoms with E-state index in [1.165, 1.54) is 16.7 Å². The molecular formula is C22H22ClN7O2. The number of H-pyrrole nitrogens is 1. The number of ether oxygens (including phenoxy) is 1. The number of benzene rings is 1. The van der Waals surface area contributed by atoms with Crippen LogP contribution in [0.1, 0.15) is 48.7 Å². The first-order valence-electron chi connectivity index (χ1n) is 10.5. The highest BCUT2D eigenvalue weighted by molar-refractivity contribution is 6.32. The fraction of sp³-hybridized carbons (Fsp3) is 0.364. The Morgan fingerprint density at radius 1 is 1.31 bits per heavy atom. The Balaban J connectivity index is 1.41. The minimum atomic E-state index is -0.0181. The topological polar surface area (TPSA) is 116 Å². The lowest BCUT2D eigenvalue weighted by Gasteiger charge is -2.12. The second-order valence-electron chi connectivity index (χ2n) is 8.17. The molecule has 1 atom stereocenters. The van der Waals surface area contributed by atoms with Crippen LogP contribution in [0.2, 0.25) is 5.02 Å². The number of rotatable bonds is 6. The molecule has 4 aromatic rings. The fourth-order valence-corrected chi connectivity index (χ4v) is 4.42. The van der Waals surface area contributed by atoms with Gasteiger partial charge in [0.05, 0.1) is 11.7 Å². The van der Waals surface area contributed by atoms with Crippen LogP contribution in [-0.4, -0.2) is 41.9 Å². The van der Waals surface area contributed by atoms with E-state index < -0.39 is 0 Å². The van der Waals surface area contributed by atoms with Crippen LogP contribution in [0.5, 0.6) is 5.88 Å². The van der Waals surface area contributed by atoms with Crippen molar-refractivity contribution in [3.63, 3.8) is 0 Å². The number of aromatic nitrogens is 7. The molecule has 0 saturated carbocycles. The van der Waals surface area contributed by atoms with E-state index in [1.54, 1.807) is 12.3 Å². The molecule has 0 saturated heterocycles. The zero-order chi connectivity index (χ0) is 22.2. The number of hydrogen-bond acceptors (Lipinski definition) is 8. The predicted molar refractivity (Wildman–Crippen MR) is 117 cm³/mol. The van der Waals surface area contributed by atoms with Gasteiger partial charge >= 0.3 is 0 Å². The van der Waals surface area contributed by atoms with E-state index in [0.29, 0.717) is 34.1 Å². The van der Waals surface area contributed by atoms with E-state index in [9.17, 15) is 0 Å². The molecule has 0 aliphatic heterocycles. The van der Waals surface area contributed by atoms with E-state index in [0.717, 1.165) is 30.7 Å². The first-order valence-corrected chi connectivity index (χ1v) is 10.9. The highest BCUT2D eigenvalue weighted by atomic mass is 35.5. The molecule has 0 bridgehead atoms. The smallest absolute Gasteiger partial charge is 0.259 e. The Kier molecular flexibility index (Phi) is 5.34. The zero-order valence-corrected chi connectivity index (χ0v) is 18.7. The second kappa shape index (κ2) is 8.31. The zero-order valence-electron chi connectivity index (χ0n) is 18.0. The van der Waals surface area contributed by atoms with Crippen molar-refractivity contribution < 1.29 is 9.26 Å². The number of pyridine rings is 1. The number of aromatic amines is 1.